The van der Waals surface area contributed by atoms with Crippen molar-refractivity contribution in [3.63, 3.8) is 0 Å². The number of para-hydroxylation sites is 1. The molecule has 2 aromatic heterocycles. The Morgan fingerprint density at radius 2 is 1.86 bits per heavy atom. The molecule has 0 atom stereocenters. The maximum absolute atomic E-state index is 12.9. The molecular weight excluding hydrogens is 276 g/mol. The Kier molecular flexibility index (Phi) is 3.67. The molecule has 1 N–H and O–H groups in total. The Balaban J connectivity index is 2.42. The van der Waals surface area contributed by atoms with E-state index in [-0.39, 0.29) is 17.2 Å². The quantitative estimate of drug-likeness (QED) is 0.806. The number of hydrogen-bond acceptors (Lipinski definition) is 3. The molecular formula is C18H18N2O2. The molecule has 4 heteroatoms. The molecule has 0 aliphatic rings. The van der Waals surface area contributed by atoms with E-state index in [4.69, 9.17) is 0 Å². The van der Waals surface area contributed by atoms with Crippen LogP contribution in [0.25, 0.3) is 16.7 Å². The number of benzene rings is 1. The lowest BCUT2D eigenvalue weighted by molar-refractivity contribution is 0.465. The van der Waals surface area contributed by atoms with Gasteiger partial charge in [0.05, 0.1) is 16.6 Å². The summed E-state index contributed by atoms with van der Waals surface area (Å²) in [6.07, 6.45) is 2.16. The second kappa shape index (κ2) is 5.64. The average Bonchev–Trinajstić information content (AvgIpc) is 2.52. The first-order valence-electron chi connectivity index (χ1n) is 7.36. The molecule has 0 aliphatic carbocycles. The van der Waals surface area contributed by atoms with Crippen LogP contribution in [0.3, 0.4) is 0 Å². The largest absolute Gasteiger partial charge is 0.507 e. The van der Waals surface area contributed by atoms with E-state index in [1.165, 1.54) is 0 Å². The van der Waals surface area contributed by atoms with Gasteiger partial charge in [-0.3, -0.25) is 9.36 Å². The van der Waals surface area contributed by atoms with Gasteiger partial charge in [0.15, 0.2) is 5.65 Å². The molecule has 4 nitrogen and oxygen atoms in total. The van der Waals surface area contributed by atoms with Crippen molar-refractivity contribution in [2.75, 3.05) is 0 Å². The molecule has 1 aromatic carbocycles. The highest BCUT2D eigenvalue weighted by Crippen LogP contribution is 2.27. The maximum Gasteiger partial charge on any atom is 0.263 e. The summed E-state index contributed by atoms with van der Waals surface area (Å²) in [6, 6.07) is 13.0. The Bertz CT molecular complexity index is 867. The Hall–Kier alpha value is -2.62. The summed E-state index contributed by atoms with van der Waals surface area (Å²) < 4.78 is 1.58. The van der Waals surface area contributed by atoms with Gasteiger partial charge < -0.3 is 5.11 Å². The van der Waals surface area contributed by atoms with E-state index in [0.29, 0.717) is 23.0 Å². The van der Waals surface area contributed by atoms with Gasteiger partial charge in [0.1, 0.15) is 5.75 Å². The van der Waals surface area contributed by atoms with Crippen LogP contribution in [0.2, 0.25) is 0 Å². The molecule has 0 bridgehead atoms. The number of aromatic hydroxyl groups is 1. The van der Waals surface area contributed by atoms with Gasteiger partial charge in [-0.2, -0.15) is 0 Å². The predicted molar refractivity (Wildman–Crippen MR) is 87.5 cm³/mol. The molecule has 0 aliphatic heterocycles. The molecule has 0 amide bonds. The molecule has 112 valence electrons. The molecule has 2 heterocycles. The predicted octanol–water partition coefficient (Wildman–Crippen LogP) is 3.29. The standard InChI is InChI=1S/C18H18N2O2/c1-12(2)11-15-16(21)14-9-6-10-19-17(14)20(18(15)22)13-7-4-3-5-8-13/h3-10,12,21H,11H2,1-2H3. The van der Waals surface area contributed by atoms with E-state index in [0.717, 1.165) is 5.69 Å². The van der Waals surface area contributed by atoms with Crippen LogP contribution in [-0.2, 0) is 6.42 Å². The average molecular weight is 294 g/mol. The SMILES string of the molecule is CC(C)Cc1c(O)c2cccnc2n(-c2ccccc2)c1=O. The van der Waals surface area contributed by atoms with E-state index in [9.17, 15) is 9.90 Å². The second-order valence-corrected chi connectivity index (χ2v) is 5.78. The molecule has 0 saturated carbocycles. The van der Waals surface area contributed by atoms with E-state index >= 15 is 0 Å². The van der Waals surface area contributed by atoms with Crippen LogP contribution in [0, 0.1) is 5.92 Å². The van der Waals surface area contributed by atoms with Crippen LogP contribution in [-0.4, -0.2) is 14.7 Å². The fourth-order valence-corrected chi connectivity index (χ4v) is 2.66. The number of rotatable bonds is 3. The summed E-state index contributed by atoms with van der Waals surface area (Å²) in [6.45, 7) is 4.05. The molecule has 0 saturated heterocycles. The lowest BCUT2D eigenvalue weighted by atomic mass is 10.0. The van der Waals surface area contributed by atoms with E-state index in [1.54, 1.807) is 22.9 Å². The number of fused-ring (bicyclic) bond motifs is 1. The molecule has 0 fully saturated rings. The zero-order chi connectivity index (χ0) is 15.7. The second-order valence-electron chi connectivity index (χ2n) is 5.78. The maximum atomic E-state index is 12.9. The van der Waals surface area contributed by atoms with Crippen molar-refractivity contribution in [3.8, 4) is 11.4 Å². The zero-order valence-electron chi connectivity index (χ0n) is 12.7. The third-order valence-corrected chi connectivity index (χ3v) is 3.63. The number of hydrogen-bond donors (Lipinski definition) is 1. The van der Waals surface area contributed by atoms with Gasteiger partial charge in [-0.05, 0) is 36.6 Å². The number of aromatic nitrogens is 2. The molecule has 3 rings (SSSR count). The first-order chi connectivity index (χ1) is 10.6. The smallest absolute Gasteiger partial charge is 0.263 e. The minimum Gasteiger partial charge on any atom is -0.507 e. The van der Waals surface area contributed by atoms with Crippen molar-refractivity contribution < 1.29 is 5.11 Å². The van der Waals surface area contributed by atoms with Crippen molar-refractivity contribution >= 4 is 11.0 Å². The van der Waals surface area contributed by atoms with E-state index < -0.39 is 0 Å². The van der Waals surface area contributed by atoms with Gasteiger partial charge in [-0.25, -0.2) is 4.98 Å². The van der Waals surface area contributed by atoms with Gasteiger partial charge in [0, 0.05) is 6.20 Å². The van der Waals surface area contributed by atoms with Gasteiger partial charge in [0.25, 0.3) is 5.56 Å². The van der Waals surface area contributed by atoms with Gasteiger partial charge in [0.2, 0.25) is 0 Å². The van der Waals surface area contributed by atoms with Crippen LogP contribution in [0.4, 0.5) is 0 Å². The van der Waals surface area contributed by atoms with Crippen LogP contribution in [0.15, 0.2) is 53.5 Å². The summed E-state index contributed by atoms with van der Waals surface area (Å²) in [5.74, 6) is 0.325. The first-order valence-corrected chi connectivity index (χ1v) is 7.36. The highest BCUT2D eigenvalue weighted by molar-refractivity contribution is 5.84. The summed E-state index contributed by atoms with van der Waals surface area (Å²) in [5, 5.41) is 11.1. The number of pyridine rings is 2. The van der Waals surface area contributed by atoms with Crippen LogP contribution < -0.4 is 5.56 Å². The van der Waals surface area contributed by atoms with Crippen LogP contribution >= 0.6 is 0 Å². The highest BCUT2D eigenvalue weighted by Gasteiger charge is 2.18. The number of nitrogens with zero attached hydrogens (tertiary/aromatic N) is 2. The summed E-state index contributed by atoms with van der Waals surface area (Å²) in [7, 11) is 0. The van der Waals surface area contributed by atoms with Crippen molar-refractivity contribution in [1.82, 2.24) is 9.55 Å². The minimum atomic E-state index is -0.205. The van der Waals surface area contributed by atoms with E-state index in [2.05, 4.69) is 4.98 Å². The van der Waals surface area contributed by atoms with Gasteiger partial charge in [-0.1, -0.05) is 32.0 Å². The highest BCUT2D eigenvalue weighted by atomic mass is 16.3. The van der Waals surface area contributed by atoms with E-state index in [1.807, 2.05) is 44.2 Å². The van der Waals surface area contributed by atoms with Gasteiger partial charge >= 0.3 is 0 Å². The molecule has 22 heavy (non-hydrogen) atoms. The lowest BCUT2D eigenvalue weighted by Gasteiger charge is -2.15. The summed E-state index contributed by atoms with van der Waals surface area (Å²) in [5.41, 5.74) is 1.47. The lowest BCUT2D eigenvalue weighted by Crippen LogP contribution is -2.24. The summed E-state index contributed by atoms with van der Waals surface area (Å²) in [4.78, 5) is 17.2. The molecule has 0 radical (unpaired) electrons. The van der Waals surface area contributed by atoms with Crippen molar-refractivity contribution in [3.05, 3.63) is 64.6 Å². The fraction of sp³-hybridized carbons (Fsp3) is 0.222. The monoisotopic (exact) mass is 294 g/mol. The Morgan fingerprint density at radius 1 is 1.14 bits per heavy atom. The molecule has 0 unspecified atom stereocenters. The molecule has 0 spiro atoms. The van der Waals surface area contributed by atoms with Gasteiger partial charge in [-0.15, -0.1) is 0 Å². The minimum absolute atomic E-state index is 0.0500. The van der Waals surface area contributed by atoms with Crippen molar-refractivity contribution in [2.24, 2.45) is 5.92 Å². The fourth-order valence-electron chi connectivity index (χ4n) is 2.66. The Labute approximate surface area is 128 Å². The normalized spacial score (nSPS) is 11.2. The Morgan fingerprint density at radius 3 is 2.55 bits per heavy atom. The third-order valence-electron chi connectivity index (χ3n) is 3.63. The van der Waals surface area contributed by atoms with Crippen molar-refractivity contribution in [2.45, 2.75) is 20.3 Å². The summed E-state index contributed by atoms with van der Waals surface area (Å²) >= 11 is 0. The van der Waals surface area contributed by atoms with Crippen LogP contribution in [0.5, 0.6) is 5.75 Å². The molecule has 3 aromatic rings. The first kappa shape index (κ1) is 14.3. The topological polar surface area (TPSA) is 55.1 Å². The third kappa shape index (κ3) is 2.37. The van der Waals surface area contributed by atoms with Crippen LogP contribution in [0.1, 0.15) is 19.4 Å². The van der Waals surface area contributed by atoms with Crippen molar-refractivity contribution in [1.29, 1.82) is 0 Å². The zero-order valence-corrected chi connectivity index (χ0v) is 12.7.